The Morgan fingerprint density at radius 2 is 2.31 bits per heavy atom. The van der Waals surface area contributed by atoms with Crippen molar-refractivity contribution in [2.24, 2.45) is 0 Å². The van der Waals surface area contributed by atoms with Gasteiger partial charge >= 0.3 is 0 Å². The number of carbonyl (C=O) groups excluding carboxylic acids is 1. The van der Waals surface area contributed by atoms with Crippen molar-refractivity contribution in [2.45, 2.75) is 13.3 Å². The zero-order valence-corrected chi connectivity index (χ0v) is 7.58. The summed E-state index contributed by atoms with van der Waals surface area (Å²) in [6.07, 6.45) is 0.907. The fourth-order valence-corrected chi connectivity index (χ4v) is 0.988. The molecule has 0 aliphatic rings. The van der Waals surface area contributed by atoms with E-state index >= 15 is 0 Å². The van der Waals surface area contributed by atoms with Gasteiger partial charge in [0.15, 0.2) is 0 Å². The van der Waals surface area contributed by atoms with E-state index in [4.69, 9.17) is 5.11 Å². The molecule has 1 aromatic rings. The van der Waals surface area contributed by atoms with Crippen molar-refractivity contribution in [3.8, 4) is 5.75 Å². The average molecular weight is 179 g/mol. The number of phenols is 1. The lowest BCUT2D eigenvalue weighted by molar-refractivity contribution is 0.0953. The van der Waals surface area contributed by atoms with E-state index in [2.05, 4.69) is 5.32 Å². The third-order valence-electron chi connectivity index (χ3n) is 1.64. The van der Waals surface area contributed by atoms with Gasteiger partial charge in [-0.05, 0) is 24.6 Å². The summed E-state index contributed by atoms with van der Waals surface area (Å²) in [6, 6.07) is 6.31. The van der Waals surface area contributed by atoms with Crippen LogP contribution in [0.2, 0.25) is 0 Å². The van der Waals surface area contributed by atoms with Crippen molar-refractivity contribution in [1.29, 1.82) is 0 Å². The highest BCUT2D eigenvalue weighted by molar-refractivity contribution is 5.94. The fraction of sp³-hybridized carbons (Fsp3) is 0.300. The minimum atomic E-state index is -0.141. The molecule has 1 amide bonds. The van der Waals surface area contributed by atoms with Crippen LogP contribution in [-0.4, -0.2) is 17.6 Å². The highest BCUT2D eigenvalue weighted by Gasteiger charge is 2.03. The number of hydrogen-bond acceptors (Lipinski definition) is 2. The van der Waals surface area contributed by atoms with Crippen molar-refractivity contribution in [2.75, 3.05) is 6.54 Å². The standard InChI is InChI=1S/C10H13NO2/c1-2-6-11-10(13)8-4-3-5-9(12)7-8/h3-5,7,12H,2,6H2,1H3,(H,11,13). The predicted molar refractivity (Wildman–Crippen MR) is 50.7 cm³/mol. The molecule has 0 heterocycles. The Kier molecular flexibility index (Phi) is 3.31. The van der Waals surface area contributed by atoms with E-state index in [0.29, 0.717) is 12.1 Å². The van der Waals surface area contributed by atoms with E-state index in [-0.39, 0.29) is 11.7 Å². The third kappa shape index (κ3) is 2.78. The third-order valence-corrected chi connectivity index (χ3v) is 1.64. The SMILES string of the molecule is CCCNC(=O)c1cccc(O)c1. The van der Waals surface area contributed by atoms with Crippen LogP contribution in [0.4, 0.5) is 0 Å². The van der Waals surface area contributed by atoms with Crippen LogP contribution in [0.25, 0.3) is 0 Å². The van der Waals surface area contributed by atoms with Crippen molar-refractivity contribution in [3.63, 3.8) is 0 Å². The lowest BCUT2D eigenvalue weighted by Gasteiger charge is -2.02. The number of carbonyl (C=O) groups is 1. The second kappa shape index (κ2) is 4.50. The number of aromatic hydroxyl groups is 1. The highest BCUT2D eigenvalue weighted by Crippen LogP contribution is 2.10. The molecular weight excluding hydrogens is 166 g/mol. The maximum absolute atomic E-state index is 11.3. The van der Waals surface area contributed by atoms with Crippen LogP contribution in [0.15, 0.2) is 24.3 Å². The first kappa shape index (κ1) is 9.58. The molecule has 0 saturated carbocycles. The molecule has 70 valence electrons. The highest BCUT2D eigenvalue weighted by atomic mass is 16.3. The van der Waals surface area contributed by atoms with E-state index in [1.165, 1.54) is 12.1 Å². The summed E-state index contributed by atoms with van der Waals surface area (Å²) in [6.45, 7) is 2.65. The first-order chi connectivity index (χ1) is 6.24. The maximum Gasteiger partial charge on any atom is 0.251 e. The Bertz CT molecular complexity index is 297. The molecule has 0 radical (unpaired) electrons. The Morgan fingerprint density at radius 1 is 1.54 bits per heavy atom. The molecular formula is C10H13NO2. The number of nitrogens with one attached hydrogen (secondary N) is 1. The molecule has 0 bridgehead atoms. The van der Waals surface area contributed by atoms with Crippen LogP contribution in [-0.2, 0) is 0 Å². The molecule has 1 aromatic carbocycles. The number of benzene rings is 1. The Balaban J connectivity index is 2.66. The molecule has 0 aromatic heterocycles. The van der Waals surface area contributed by atoms with Crippen LogP contribution in [0, 0.1) is 0 Å². The van der Waals surface area contributed by atoms with Gasteiger partial charge < -0.3 is 10.4 Å². The number of amides is 1. The van der Waals surface area contributed by atoms with Crippen molar-refractivity contribution in [1.82, 2.24) is 5.32 Å². The number of hydrogen-bond donors (Lipinski definition) is 2. The normalized spacial score (nSPS) is 9.62. The van der Waals surface area contributed by atoms with E-state index in [1.54, 1.807) is 12.1 Å². The lowest BCUT2D eigenvalue weighted by atomic mass is 10.2. The molecule has 0 atom stereocenters. The molecule has 0 unspecified atom stereocenters. The summed E-state index contributed by atoms with van der Waals surface area (Å²) in [5.74, 6) is -0.0260. The fourth-order valence-electron chi connectivity index (χ4n) is 0.988. The molecule has 13 heavy (non-hydrogen) atoms. The zero-order valence-electron chi connectivity index (χ0n) is 7.58. The van der Waals surface area contributed by atoms with E-state index in [9.17, 15) is 4.79 Å². The molecule has 0 aliphatic heterocycles. The van der Waals surface area contributed by atoms with Gasteiger partial charge in [-0.3, -0.25) is 4.79 Å². The van der Waals surface area contributed by atoms with Gasteiger partial charge in [0.2, 0.25) is 0 Å². The molecule has 0 saturated heterocycles. The van der Waals surface area contributed by atoms with Crippen LogP contribution in [0.1, 0.15) is 23.7 Å². The summed E-state index contributed by atoms with van der Waals surface area (Å²) >= 11 is 0. The van der Waals surface area contributed by atoms with Gasteiger partial charge in [-0.2, -0.15) is 0 Å². The van der Waals surface area contributed by atoms with E-state index < -0.39 is 0 Å². The van der Waals surface area contributed by atoms with Gasteiger partial charge in [0.1, 0.15) is 5.75 Å². The lowest BCUT2D eigenvalue weighted by Crippen LogP contribution is -2.23. The van der Waals surface area contributed by atoms with Gasteiger partial charge in [-0.25, -0.2) is 0 Å². The second-order valence-corrected chi connectivity index (χ2v) is 2.81. The number of rotatable bonds is 3. The molecule has 1 rings (SSSR count). The minimum absolute atomic E-state index is 0.115. The molecule has 3 nitrogen and oxygen atoms in total. The zero-order chi connectivity index (χ0) is 9.68. The Hall–Kier alpha value is -1.51. The molecule has 2 N–H and O–H groups in total. The smallest absolute Gasteiger partial charge is 0.251 e. The van der Waals surface area contributed by atoms with Gasteiger partial charge in [-0.1, -0.05) is 13.0 Å². The summed E-state index contributed by atoms with van der Waals surface area (Å²) in [4.78, 5) is 11.3. The van der Waals surface area contributed by atoms with Crippen LogP contribution in [0.3, 0.4) is 0 Å². The topological polar surface area (TPSA) is 49.3 Å². The monoisotopic (exact) mass is 179 g/mol. The van der Waals surface area contributed by atoms with Crippen LogP contribution in [0.5, 0.6) is 5.75 Å². The van der Waals surface area contributed by atoms with E-state index in [0.717, 1.165) is 6.42 Å². The molecule has 0 spiro atoms. The van der Waals surface area contributed by atoms with Crippen molar-refractivity contribution < 1.29 is 9.90 Å². The summed E-state index contributed by atoms with van der Waals surface area (Å²) in [5.41, 5.74) is 0.494. The Labute approximate surface area is 77.4 Å². The summed E-state index contributed by atoms with van der Waals surface area (Å²) in [7, 11) is 0. The quantitative estimate of drug-likeness (QED) is 0.739. The number of phenolic OH excluding ortho intramolecular Hbond substituents is 1. The Morgan fingerprint density at radius 3 is 2.92 bits per heavy atom. The maximum atomic E-state index is 11.3. The van der Waals surface area contributed by atoms with E-state index in [1.807, 2.05) is 6.92 Å². The predicted octanol–water partition coefficient (Wildman–Crippen LogP) is 1.53. The van der Waals surface area contributed by atoms with Gasteiger partial charge in [-0.15, -0.1) is 0 Å². The first-order valence-corrected chi connectivity index (χ1v) is 4.31. The molecule has 3 heteroatoms. The average Bonchev–Trinajstić information content (AvgIpc) is 2.14. The summed E-state index contributed by atoms with van der Waals surface area (Å²) < 4.78 is 0. The van der Waals surface area contributed by atoms with Gasteiger partial charge in [0, 0.05) is 12.1 Å². The summed E-state index contributed by atoms with van der Waals surface area (Å²) in [5, 5.41) is 11.8. The molecule has 0 fully saturated rings. The van der Waals surface area contributed by atoms with Crippen molar-refractivity contribution in [3.05, 3.63) is 29.8 Å². The molecule has 0 aliphatic carbocycles. The first-order valence-electron chi connectivity index (χ1n) is 4.31. The van der Waals surface area contributed by atoms with Crippen LogP contribution < -0.4 is 5.32 Å². The largest absolute Gasteiger partial charge is 0.508 e. The van der Waals surface area contributed by atoms with Gasteiger partial charge in [0.25, 0.3) is 5.91 Å². The minimum Gasteiger partial charge on any atom is -0.508 e. The van der Waals surface area contributed by atoms with Crippen LogP contribution >= 0.6 is 0 Å². The van der Waals surface area contributed by atoms with Crippen molar-refractivity contribution >= 4 is 5.91 Å². The second-order valence-electron chi connectivity index (χ2n) is 2.81. The van der Waals surface area contributed by atoms with Gasteiger partial charge in [0.05, 0.1) is 0 Å².